The Balaban J connectivity index is 1.81. The maximum Gasteiger partial charge on any atom is 0.343 e. The molecule has 24 heavy (non-hydrogen) atoms. The lowest BCUT2D eigenvalue weighted by molar-refractivity contribution is -0.143. The molecular weight excluding hydrogens is 311 g/mol. The van der Waals surface area contributed by atoms with Crippen molar-refractivity contribution in [3.05, 3.63) is 65.2 Å². The van der Waals surface area contributed by atoms with Gasteiger partial charge in [-0.25, -0.2) is 9.18 Å². The number of carbonyl (C=O) groups is 1. The Morgan fingerprint density at radius 2 is 1.83 bits per heavy atom. The van der Waals surface area contributed by atoms with E-state index in [1.54, 1.807) is 19.2 Å². The van der Waals surface area contributed by atoms with Gasteiger partial charge in [0.15, 0.2) is 0 Å². The molecule has 0 saturated carbocycles. The fourth-order valence-electron chi connectivity index (χ4n) is 1.96. The molecule has 0 heterocycles. The standard InChI is InChI=1S/C19H17FO4/c1-23-17-10-6-15(7-11-17)13-24-12-2-3-14-4-8-16(9-5-14)18(20)19(21)22/h4-11,18H,12-13H2,1H3,(H,21,22). The van der Waals surface area contributed by atoms with Crippen molar-refractivity contribution in [1.82, 2.24) is 0 Å². The van der Waals surface area contributed by atoms with Crippen molar-refractivity contribution in [3.8, 4) is 17.6 Å². The maximum atomic E-state index is 13.3. The first kappa shape index (κ1) is 17.5. The third kappa shape index (κ3) is 5.11. The van der Waals surface area contributed by atoms with E-state index in [-0.39, 0.29) is 12.2 Å². The van der Waals surface area contributed by atoms with Crippen LogP contribution >= 0.6 is 0 Å². The van der Waals surface area contributed by atoms with Gasteiger partial charge < -0.3 is 14.6 Å². The number of hydrogen-bond donors (Lipinski definition) is 1. The second-order valence-corrected chi connectivity index (χ2v) is 4.97. The third-order valence-electron chi connectivity index (χ3n) is 3.25. The quantitative estimate of drug-likeness (QED) is 0.652. The molecule has 0 fully saturated rings. The first-order valence-electron chi connectivity index (χ1n) is 7.26. The number of rotatable bonds is 6. The summed E-state index contributed by atoms with van der Waals surface area (Å²) in [5.41, 5.74) is 1.79. The number of carboxylic acid groups (broad SMARTS) is 1. The van der Waals surface area contributed by atoms with Crippen molar-refractivity contribution in [2.24, 2.45) is 0 Å². The highest BCUT2D eigenvalue weighted by atomic mass is 19.1. The smallest absolute Gasteiger partial charge is 0.343 e. The highest BCUT2D eigenvalue weighted by Gasteiger charge is 2.17. The molecule has 0 aliphatic carbocycles. The largest absolute Gasteiger partial charge is 0.497 e. The van der Waals surface area contributed by atoms with Gasteiger partial charge in [-0.15, -0.1) is 0 Å². The van der Waals surface area contributed by atoms with Gasteiger partial charge in [0.2, 0.25) is 6.17 Å². The van der Waals surface area contributed by atoms with Crippen molar-refractivity contribution in [2.45, 2.75) is 12.8 Å². The Hall–Kier alpha value is -2.84. The summed E-state index contributed by atoms with van der Waals surface area (Å²) in [6, 6.07) is 13.6. The van der Waals surface area contributed by atoms with E-state index in [9.17, 15) is 9.18 Å². The Kier molecular flexibility index (Phi) is 6.35. The molecule has 1 N–H and O–H groups in total. The predicted octanol–water partition coefficient (Wildman–Crippen LogP) is 3.36. The van der Waals surface area contributed by atoms with E-state index >= 15 is 0 Å². The Morgan fingerprint density at radius 3 is 2.42 bits per heavy atom. The average molecular weight is 328 g/mol. The Morgan fingerprint density at radius 1 is 1.17 bits per heavy atom. The highest BCUT2D eigenvalue weighted by molar-refractivity contribution is 5.74. The minimum absolute atomic E-state index is 0.101. The molecule has 2 aromatic rings. The van der Waals surface area contributed by atoms with Gasteiger partial charge in [0.05, 0.1) is 13.7 Å². The van der Waals surface area contributed by atoms with Crippen LogP contribution in [0.25, 0.3) is 0 Å². The molecule has 4 nitrogen and oxygen atoms in total. The third-order valence-corrected chi connectivity index (χ3v) is 3.25. The van der Waals surface area contributed by atoms with Crippen molar-refractivity contribution >= 4 is 5.97 Å². The fourth-order valence-corrected chi connectivity index (χ4v) is 1.96. The summed E-state index contributed by atoms with van der Waals surface area (Å²) < 4.78 is 23.8. The molecule has 0 saturated heterocycles. The first-order valence-corrected chi connectivity index (χ1v) is 7.26. The molecule has 0 spiro atoms. The van der Waals surface area contributed by atoms with Crippen molar-refractivity contribution in [1.29, 1.82) is 0 Å². The van der Waals surface area contributed by atoms with Crippen molar-refractivity contribution in [2.75, 3.05) is 13.7 Å². The van der Waals surface area contributed by atoms with Crippen LogP contribution in [0.3, 0.4) is 0 Å². The molecule has 1 unspecified atom stereocenters. The van der Waals surface area contributed by atoms with Crippen LogP contribution < -0.4 is 4.74 Å². The van der Waals surface area contributed by atoms with E-state index in [1.165, 1.54) is 12.1 Å². The number of alkyl halides is 1. The van der Waals surface area contributed by atoms with Crippen molar-refractivity contribution < 1.29 is 23.8 Å². The monoisotopic (exact) mass is 328 g/mol. The van der Waals surface area contributed by atoms with E-state index in [0.717, 1.165) is 11.3 Å². The van der Waals surface area contributed by atoms with Crippen LogP contribution in [-0.2, 0) is 16.1 Å². The number of halogens is 1. The molecule has 0 aliphatic rings. The number of ether oxygens (including phenoxy) is 2. The molecule has 5 heteroatoms. The van der Waals surface area contributed by atoms with E-state index in [4.69, 9.17) is 14.6 Å². The maximum absolute atomic E-state index is 13.3. The molecule has 2 aromatic carbocycles. The topological polar surface area (TPSA) is 55.8 Å². The first-order chi connectivity index (χ1) is 11.6. The summed E-state index contributed by atoms with van der Waals surface area (Å²) in [4.78, 5) is 10.6. The Bertz CT molecular complexity index is 727. The van der Waals surface area contributed by atoms with Crippen LogP contribution in [0.4, 0.5) is 4.39 Å². The van der Waals surface area contributed by atoms with Gasteiger partial charge in [-0.05, 0) is 35.4 Å². The summed E-state index contributed by atoms with van der Waals surface area (Å²) in [6.07, 6.45) is -2.01. The molecule has 2 rings (SSSR count). The molecule has 0 amide bonds. The van der Waals surface area contributed by atoms with E-state index in [2.05, 4.69) is 11.8 Å². The van der Waals surface area contributed by atoms with E-state index < -0.39 is 12.1 Å². The fraction of sp³-hybridized carbons (Fsp3) is 0.211. The molecule has 0 radical (unpaired) electrons. The van der Waals surface area contributed by atoms with Crippen LogP contribution in [0, 0.1) is 11.8 Å². The van der Waals surface area contributed by atoms with Crippen LogP contribution in [0.2, 0.25) is 0 Å². The normalized spacial score (nSPS) is 11.2. The SMILES string of the molecule is COc1ccc(COCC#Cc2ccc(C(F)C(=O)O)cc2)cc1. The van der Waals surface area contributed by atoms with Gasteiger partial charge in [0.1, 0.15) is 12.4 Å². The van der Waals surface area contributed by atoms with E-state index in [1.807, 2.05) is 24.3 Å². The molecule has 124 valence electrons. The highest BCUT2D eigenvalue weighted by Crippen LogP contribution is 2.17. The zero-order valence-electron chi connectivity index (χ0n) is 13.2. The van der Waals surface area contributed by atoms with Crippen LogP contribution in [-0.4, -0.2) is 24.8 Å². The van der Waals surface area contributed by atoms with E-state index in [0.29, 0.717) is 12.2 Å². The van der Waals surface area contributed by atoms with Gasteiger partial charge in [-0.3, -0.25) is 0 Å². The summed E-state index contributed by atoms with van der Waals surface area (Å²) in [5, 5.41) is 8.60. The average Bonchev–Trinajstić information content (AvgIpc) is 2.62. The number of aliphatic carboxylic acids is 1. The second kappa shape index (κ2) is 8.70. The molecule has 0 aromatic heterocycles. The molecule has 0 bridgehead atoms. The summed E-state index contributed by atoms with van der Waals surface area (Å²) in [5.74, 6) is 5.03. The molecular formula is C19H17FO4. The zero-order chi connectivity index (χ0) is 17.4. The predicted molar refractivity (Wildman–Crippen MR) is 87.5 cm³/mol. The minimum Gasteiger partial charge on any atom is -0.497 e. The summed E-state index contributed by atoms with van der Waals surface area (Å²) in [6.45, 7) is 0.703. The zero-order valence-corrected chi connectivity index (χ0v) is 13.2. The van der Waals surface area contributed by atoms with Crippen LogP contribution in [0.1, 0.15) is 22.9 Å². The molecule has 0 aliphatic heterocycles. The lowest BCUT2D eigenvalue weighted by Crippen LogP contribution is -2.05. The van der Waals surface area contributed by atoms with Crippen LogP contribution in [0.5, 0.6) is 5.75 Å². The van der Waals surface area contributed by atoms with Gasteiger partial charge in [-0.2, -0.15) is 0 Å². The summed E-state index contributed by atoms with van der Waals surface area (Å²) >= 11 is 0. The van der Waals surface area contributed by atoms with Gasteiger partial charge in [-0.1, -0.05) is 36.1 Å². The number of hydrogen-bond acceptors (Lipinski definition) is 3. The number of methoxy groups -OCH3 is 1. The lowest BCUT2D eigenvalue weighted by atomic mass is 10.1. The lowest BCUT2D eigenvalue weighted by Gasteiger charge is -2.03. The summed E-state index contributed by atoms with van der Waals surface area (Å²) in [7, 11) is 1.61. The number of benzene rings is 2. The van der Waals surface area contributed by atoms with Gasteiger partial charge in [0, 0.05) is 5.56 Å². The second-order valence-electron chi connectivity index (χ2n) is 4.97. The van der Waals surface area contributed by atoms with Crippen LogP contribution in [0.15, 0.2) is 48.5 Å². The Labute approximate surface area is 139 Å². The van der Waals surface area contributed by atoms with Gasteiger partial charge >= 0.3 is 5.97 Å². The minimum atomic E-state index is -2.01. The molecule has 1 atom stereocenters. The van der Waals surface area contributed by atoms with Gasteiger partial charge in [0.25, 0.3) is 0 Å². The number of carboxylic acids is 1. The van der Waals surface area contributed by atoms with Crippen molar-refractivity contribution in [3.63, 3.8) is 0 Å².